The number of aromatic nitrogens is 1. The first-order chi connectivity index (χ1) is 12.1. The number of hydrogen-bond acceptors (Lipinski definition) is 4. The van der Waals surface area contributed by atoms with Crippen LogP contribution in [0.5, 0.6) is 5.75 Å². The minimum Gasteiger partial charge on any atom is -0.495 e. The first-order valence-corrected chi connectivity index (χ1v) is 7.76. The molecule has 1 heterocycles. The van der Waals surface area contributed by atoms with Gasteiger partial charge in [0.05, 0.1) is 17.7 Å². The monoisotopic (exact) mass is 339 g/mol. The number of nitro groups is 1. The van der Waals surface area contributed by atoms with Gasteiger partial charge >= 0.3 is 0 Å². The fraction of sp³-hybridized carbons (Fsp3) is 0.167. The molecule has 0 radical (unpaired) electrons. The summed E-state index contributed by atoms with van der Waals surface area (Å²) in [7, 11) is 1.45. The van der Waals surface area contributed by atoms with Gasteiger partial charge in [-0.1, -0.05) is 18.2 Å². The smallest absolute Gasteiger partial charge is 0.271 e. The van der Waals surface area contributed by atoms with Crippen LogP contribution in [0.4, 0.5) is 11.4 Å². The van der Waals surface area contributed by atoms with Crippen LogP contribution in [0.15, 0.2) is 48.7 Å². The van der Waals surface area contributed by atoms with Crippen molar-refractivity contribution in [2.24, 2.45) is 0 Å². The number of para-hydroxylation sites is 1. The molecule has 1 aromatic heterocycles. The molecule has 0 aliphatic carbocycles. The second kappa shape index (κ2) is 7.04. The van der Waals surface area contributed by atoms with Gasteiger partial charge in [-0.25, -0.2) is 0 Å². The Labute approximate surface area is 143 Å². The number of anilines is 1. The fourth-order valence-electron chi connectivity index (χ4n) is 2.71. The van der Waals surface area contributed by atoms with E-state index in [1.165, 1.54) is 25.3 Å². The standard InChI is InChI=1S/C18H17N3O4/c1-25-17-8-7-13(21(23)24)10-16(17)20-18(22)9-6-12-11-19-15-5-3-2-4-14(12)15/h2-5,7-8,10-11,19H,6,9H2,1H3,(H,20,22). The van der Waals surface area contributed by atoms with Gasteiger partial charge in [0.15, 0.2) is 0 Å². The minimum atomic E-state index is -0.513. The number of carbonyl (C=O) groups excluding carboxylic acids is 1. The van der Waals surface area contributed by atoms with Gasteiger partial charge in [-0.05, 0) is 24.1 Å². The number of aromatic amines is 1. The lowest BCUT2D eigenvalue weighted by Gasteiger charge is -2.10. The summed E-state index contributed by atoms with van der Waals surface area (Å²) in [4.78, 5) is 25.8. The van der Waals surface area contributed by atoms with Gasteiger partial charge in [0.25, 0.3) is 5.69 Å². The number of ether oxygens (including phenoxy) is 1. The van der Waals surface area contributed by atoms with E-state index in [1.54, 1.807) is 0 Å². The predicted octanol–water partition coefficient (Wildman–Crippen LogP) is 3.66. The molecular weight excluding hydrogens is 322 g/mol. The number of methoxy groups -OCH3 is 1. The normalized spacial score (nSPS) is 10.6. The maximum atomic E-state index is 12.2. The Balaban J connectivity index is 1.70. The van der Waals surface area contributed by atoms with E-state index in [1.807, 2.05) is 30.5 Å². The van der Waals surface area contributed by atoms with E-state index >= 15 is 0 Å². The molecule has 0 saturated carbocycles. The SMILES string of the molecule is COc1ccc([N+](=O)[O-])cc1NC(=O)CCc1c[nH]c2ccccc12. The minimum absolute atomic E-state index is 0.104. The Morgan fingerprint density at radius 2 is 2.08 bits per heavy atom. The maximum Gasteiger partial charge on any atom is 0.271 e. The van der Waals surface area contributed by atoms with Crippen LogP contribution in [0.25, 0.3) is 10.9 Å². The summed E-state index contributed by atoms with van der Waals surface area (Å²) >= 11 is 0. The molecule has 7 heteroatoms. The van der Waals surface area contributed by atoms with E-state index in [-0.39, 0.29) is 18.0 Å². The summed E-state index contributed by atoms with van der Waals surface area (Å²) < 4.78 is 5.15. The van der Waals surface area contributed by atoms with Gasteiger partial charge in [-0.3, -0.25) is 14.9 Å². The molecule has 2 aromatic carbocycles. The van der Waals surface area contributed by atoms with Crippen LogP contribution < -0.4 is 10.1 Å². The zero-order valence-electron chi connectivity index (χ0n) is 13.6. The largest absolute Gasteiger partial charge is 0.495 e. The van der Waals surface area contributed by atoms with Crippen molar-refractivity contribution in [1.29, 1.82) is 0 Å². The Hall–Kier alpha value is -3.35. The number of benzene rings is 2. The predicted molar refractivity (Wildman–Crippen MR) is 94.9 cm³/mol. The summed E-state index contributed by atoms with van der Waals surface area (Å²) in [5.41, 5.74) is 2.27. The maximum absolute atomic E-state index is 12.2. The molecule has 0 spiro atoms. The molecule has 25 heavy (non-hydrogen) atoms. The number of H-pyrrole nitrogens is 1. The van der Waals surface area contributed by atoms with Crippen LogP contribution in [0, 0.1) is 10.1 Å². The third-order valence-corrected chi connectivity index (χ3v) is 3.96. The number of non-ortho nitro benzene ring substituents is 1. The molecule has 0 fully saturated rings. The van der Waals surface area contributed by atoms with Crippen molar-refractivity contribution >= 4 is 28.2 Å². The zero-order chi connectivity index (χ0) is 17.8. The van der Waals surface area contributed by atoms with Crippen LogP contribution in [0.1, 0.15) is 12.0 Å². The summed E-state index contributed by atoms with van der Waals surface area (Å²) in [5.74, 6) is 0.148. The average molecular weight is 339 g/mol. The van der Waals surface area contributed by atoms with Crippen molar-refractivity contribution in [2.75, 3.05) is 12.4 Å². The number of hydrogen-bond donors (Lipinski definition) is 2. The highest BCUT2D eigenvalue weighted by Gasteiger charge is 2.14. The number of carbonyl (C=O) groups is 1. The first-order valence-electron chi connectivity index (χ1n) is 7.76. The first kappa shape index (κ1) is 16.5. The highest BCUT2D eigenvalue weighted by molar-refractivity contribution is 5.93. The molecule has 2 N–H and O–H groups in total. The van der Waals surface area contributed by atoms with Crippen LogP contribution >= 0.6 is 0 Å². The molecule has 0 aliphatic rings. The van der Waals surface area contributed by atoms with Crippen molar-refractivity contribution in [2.45, 2.75) is 12.8 Å². The zero-order valence-corrected chi connectivity index (χ0v) is 13.6. The molecule has 7 nitrogen and oxygen atoms in total. The topological polar surface area (TPSA) is 97.3 Å². The van der Waals surface area contributed by atoms with Gasteiger partial charge in [0.1, 0.15) is 5.75 Å². The summed E-state index contributed by atoms with van der Waals surface area (Å²) in [6.45, 7) is 0. The molecule has 0 saturated heterocycles. The van der Waals surface area contributed by atoms with Crippen LogP contribution in [-0.2, 0) is 11.2 Å². The van der Waals surface area contributed by atoms with Gasteiger partial charge < -0.3 is 15.0 Å². The van der Waals surface area contributed by atoms with E-state index in [2.05, 4.69) is 10.3 Å². The van der Waals surface area contributed by atoms with Gasteiger partial charge in [0, 0.05) is 35.7 Å². The fourth-order valence-corrected chi connectivity index (χ4v) is 2.71. The van der Waals surface area contributed by atoms with Crippen LogP contribution in [-0.4, -0.2) is 22.9 Å². The van der Waals surface area contributed by atoms with E-state index in [0.29, 0.717) is 17.9 Å². The number of nitrogens with one attached hydrogen (secondary N) is 2. The van der Waals surface area contributed by atoms with Gasteiger partial charge in [0.2, 0.25) is 5.91 Å². The number of rotatable bonds is 6. The lowest BCUT2D eigenvalue weighted by molar-refractivity contribution is -0.384. The highest BCUT2D eigenvalue weighted by atomic mass is 16.6. The second-order valence-corrected chi connectivity index (χ2v) is 5.55. The molecule has 3 aromatic rings. The molecule has 0 unspecified atom stereocenters. The van der Waals surface area contributed by atoms with Crippen LogP contribution in [0.3, 0.4) is 0 Å². The average Bonchev–Trinajstić information content (AvgIpc) is 3.03. The second-order valence-electron chi connectivity index (χ2n) is 5.55. The molecule has 128 valence electrons. The van der Waals surface area contributed by atoms with Gasteiger partial charge in [-0.15, -0.1) is 0 Å². The summed E-state index contributed by atoms with van der Waals surface area (Å²) in [5, 5.41) is 14.7. The van der Waals surface area contributed by atoms with Crippen LogP contribution in [0.2, 0.25) is 0 Å². The molecule has 0 aliphatic heterocycles. The van der Waals surface area contributed by atoms with Crippen molar-refractivity contribution in [1.82, 2.24) is 4.98 Å². The number of amides is 1. The van der Waals surface area contributed by atoms with Crippen molar-refractivity contribution in [3.63, 3.8) is 0 Å². The highest BCUT2D eigenvalue weighted by Crippen LogP contribution is 2.29. The summed E-state index contributed by atoms with van der Waals surface area (Å²) in [6.07, 6.45) is 2.71. The van der Waals surface area contributed by atoms with Crippen molar-refractivity contribution in [3.8, 4) is 5.75 Å². The van der Waals surface area contributed by atoms with Crippen molar-refractivity contribution < 1.29 is 14.5 Å². The molecule has 3 rings (SSSR count). The Morgan fingerprint density at radius 3 is 2.84 bits per heavy atom. The number of nitrogens with zero attached hydrogens (tertiary/aromatic N) is 1. The molecule has 0 bridgehead atoms. The van der Waals surface area contributed by atoms with E-state index in [0.717, 1.165) is 16.5 Å². The molecular formula is C18H17N3O4. The third kappa shape index (κ3) is 3.60. The molecule has 0 atom stereocenters. The number of aryl methyl sites for hydroxylation is 1. The van der Waals surface area contributed by atoms with Crippen molar-refractivity contribution in [3.05, 3.63) is 64.3 Å². The summed E-state index contributed by atoms with van der Waals surface area (Å²) in [6, 6.07) is 12.0. The van der Waals surface area contributed by atoms with E-state index in [9.17, 15) is 14.9 Å². The lowest BCUT2D eigenvalue weighted by atomic mass is 10.1. The molecule has 1 amide bonds. The lowest BCUT2D eigenvalue weighted by Crippen LogP contribution is -2.13. The Kier molecular flexibility index (Phi) is 4.65. The Morgan fingerprint density at radius 1 is 1.28 bits per heavy atom. The quantitative estimate of drug-likeness (QED) is 0.529. The Bertz CT molecular complexity index is 933. The number of fused-ring (bicyclic) bond motifs is 1. The number of nitro benzene ring substituents is 1. The van der Waals surface area contributed by atoms with E-state index < -0.39 is 4.92 Å². The third-order valence-electron chi connectivity index (χ3n) is 3.96. The van der Waals surface area contributed by atoms with E-state index in [4.69, 9.17) is 4.74 Å². The van der Waals surface area contributed by atoms with Gasteiger partial charge in [-0.2, -0.15) is 0 Å².